The molecule has 2 rings (SSSR count). The third kappa shape index (κ3) is 6.59. The molecule has 0 radical (unpaired) electrons. The van der Waals surface area contributed by atoms with Crippen molar-refractivity contribution < 1.29 is 15.9 Å². The molecule has 24 heavy (non-hydrogen) atoms. The molecule has 0 amide bonds. The summed E-state index contributed by atoms with van der Waals surface area (Å²) in [5.74, 6) is 0.0306. The van der Waals surface area contributed by atoms with Crippen molar-refractivity contribution in [2.75, 3.05) is 6.61 Å². The predicted octanol–water partition coefficient (Wildman–Crippen LogP) is 6.59. The first kappa shape index (κ1) is 22.4. The Morgan fingerprint density at radius 1 is 1.42 bits per heavy atom. The zero-order valence-electron chi connectivity index (χ0n) is 12.9. The molecular formula is C15H16Br2Cl2CoN2OS. The summed E-state index contributed by atoms with van der Waals surface area (Å²) >= 11 is 24.8. The molecule has 0 aliphatic heterocycles. The van der Waals surface area contributed by atoms with Crippen LogP contribution in [-0.4, -0.2) is 21.2 Å². The van der Waals surface area contributed by atoms with Crippen LogP contribution in [-0.2, 0) is 15.9 Å². The first-order valence-electron chi connectivity index (χ1n) is 6.88. The molecule has 3 nitrogen and oxygen atoms in total. The van der Waals surface area contributed by atoms with Crippen LogP contribution in [0.4, 0.5) is 0 Å². The average molecular weight is 562 g/mol. The Bertz CT molecular complexity index is 646. The van der Waals surface area contributed by atoms with Crippen LogP contribution in [0.25, 0.3) is 0 Å². The summed E-state index contributed by atoms with van der Waals surface area (Å²) in [6.45, 7) is 4.51. The molecule has 0 saturated carbocycles. The van der Waals surface area contributed by atoms with Crippen molar-refractivity contribution in [3.63, 3.8) is 0 Å². The van der Waals surface area contributed by atoms with E-state index in [-0.39, 0.29) is 12.0 Å². The summed E-state index contributed by atoms with van der Waals surface area (Å²) in [4.78, 5) is 4.09. The van der Waals surface area contributed by atoms with E-state index in [1.807, 2.05) is 29.8 Å². The molecule has 0 saturated heterocycles. The Hall–Kier alpha value is 0.366. The fraction of sp³-hybridized carbons (Fsp3) is 0.333. The summed E-state index contributed by atoms with van der Waals surface area (Å²) in [6, 6.07) is 5.34. The van der Waals surface area contributed by atoms with E-state index in [9.17, 15) is 0 Å². The van der Waals surface area contributed by atoms with Gasteiger partial charge in [-0.1, -0.05) is 36.2 Å². The Balaban J connectivity index is 0.000000891. The van der Waals surface area contributed by atoms with Crippen LogP contribution in [0, 0.1) is 0 Å². The first-order valence-corrected chi connectivity index (χ1v) is 13.2. The number of aromatic nitrogens is 2. The molecule has 2 unspecified atom stereocenters. The van der Waals surface area contributed by atoms with Gasteiger partial charge in [0.2, 0.25) is 0 Å². The van der Waals surface area contributed by atoms with Crippen LogP contribution in [0.15, 0.2) is 36.9 Å². The van der Waals surface area contributed by atoms with Crippen LogP contribution in [0.2, 0.25) is 10.0 Å². The second-order valence-electron chi connectivity index (χ2n) is 4.71. The van der Waals surface area contributed by atoms with E-state index in [1.165, 1.54) is 0 Å². The number of imidazole rings is 1. The van der Waals surface area contributed by atoms with E-state index in [0.717, 1.165) is 16.7 Å². The number of hydrogen-bond acceptors (Lipinski definition) is 3. The molecule has 135 valence electrons. The molecule has 1 aromatic carbocycles. The summed E-state index contributed by atoms with van der Waals surface area (Å²) in [7, 11) is 0. The van der Waals surface area contributed by atoms with Crippen molar-refractivity contribution in [1.82, 2.24) is 9.55 Å². The molecular weight excluding hydrogens is 546 g/mol. The van der Waals surface area contributed by atoms with Gasteiger partial charge in [0.15, 0.2) is 5.05 Å². The Labute approximate surface area is 177 Å². The molecule has 1 aromatic heterocycles. The van der Waals surface area contributed by atoms with Gasteiger partial charge in [-0.05, 0) is 36.8 Å². The third-order valence-electron chi connectivity index (χ3n) is 3.30. The Morgan fingerprint density at radius 3 is 2.58 bits per heavy atom. The van der Waals surface area contributed by atoms with Gasteiger partial charge in [-0.3, -0.25) is 0 Å². The fourth-order valence-electron chi connectivity index (χ4n) is 2.29. The summed E-state index contributed by atoms with van der Waals surface area (Å²) < 4.78 is 7.49. The monoisotopic (exact) mass is 559 g/mol. The minimum atomic E-state index is -0.152. The summed E-state index contributed by atoms with van der Waals surface area (Å²) in [5, 5.41) is 1.76. The number of benzene rings is 1. The molecule has 9 heteroatoms. The van der Waals surface area contributed by atoms with Crippen molar-refractivity contribution in [3.8, 4) is 0 Å². The maximum atomic E-state index is 6.32. The number of ether oxygens (including phenoxy) is 1. The Kier molecular flexibility index (Phi) is 11.1. The van der Waals surface area contributed by atoms with E-state index in [0.29, 0.717) is 21.7 Å². The number of thiocarbonyl (C=S) groups is 1. The van der Waals surface area contributed by atoms with Gasteiger partial charge in [-0.15, -0.1) is 0 Å². The van der Waals surface area contributed by atoms with Gasteiger partial charge in [0.25, 0.3) is 0 Å². The molecule has 0 spiro atoms. The molecule has 0 N–H and O–H groups in total. The molecule has 2 aromatic rings. The van der Waals surface area contributed by atoms with Crippen LogP contribution < -0.4 is 0 Å². The normalized spacial score (nSPS) is 12.9. The Morgan fingerprint density at radius 2 is 2.08 bits per heavy atom. The SMILES string of the molecule is CCOC(=S)C(C(C)c1ccc(Cl)cc1Cl)n1ccnc1.[Br][Co][Br]. The number of hydrogen-bond donors (Lipinski definition) is 0. The van der Waals surface area contributed by atoms with Gasteiger partial charge < -0.3 is 9.30 Å². The number of rotatable bonds is 5. The van der Waals surface area contributed by atoms with Crippen molar-refractivity contribution in [2.45, 2.75) is 25.8 Å². The van der Waals surface area contributed by atoms with E-state index >= 15 is 0 Å². The van der Waals surface area contributed by atoms with E-state index in [1.54, 1.807) is 18.6 Å². The van der Waals surface area contributed by atoms with Gasteiger partial charge in [-0.2, -0.15) is 0 Å². The zero-order chi connectivity index (χ0) is 18.1. The van der Waals surface area contributed by atoms with E-state index in [4.69, 9.17) is 40.2 Å². The van der Waals surface area contributed by atoms with Crippen LogP contribution in [0.3, 0.4) is 0 Å². The van der Waals surface area contributed by atoms with Crippen molar-refractivity contribution >= 4 is 68.8 Å². The van der Waals surface area contributed by atoms with Crippen molar-refractivity contribution in [1.29, 1.82) is 0 Å². The van der Waals surface area contributed by atoms with Gasteiger partial charge in [0.1, 0.15) is 6.04 Å². The second-order valence-corrected chi connectivity index (χ2v) is 11.2. The van der Waals surface area contributed by atoms with Gasteiger partial charge in [0, 0.05) is 28.4 Å². The molecule has 0 bridgehead atoms. The molecule has 0 fully saturated rings. The van der Waals surface area contributed by atoms with Gasteiger partial charge in [0.05, 0.1) is 12.9 Å². The second kappa shape index (κ2) is 11.9. The predicted molar refractivity (Wildman–Crippen MR) is 108 cm³/mol. The third-order valence-corrected chi connectivity index (χ3v) is 4.22. The molecule has 2 atom stereocenters. The standard InChI is InChI=1S/C15H16Cl2N2OS.2BrH.Co/c1-3-20-15(21)14(19-7-6-18-9-19)10(2)12-5-4-11(16)8-13(12)17;;;/h4-10,14H,3H2,1-2H3;2*1H;/q;;;+2/p-2. The van der Waals surface area contributed by atoms with Crippen molar-refractivity contribution in [3.05, 3.63) is 52.5 Å². The van der Waals surface area contributed by atoms with Crippen LogP contribution >= 0.6 is 63.8 Å². The summed E-state index contributed by atoms with van der Waals surface area (Å²) in [5.41, 5.74) is 0.974. The molecule has 0 aliphatic carbocycles. The van der Waals surface area contributed by atoms with E-state index < -0.39 is 0 Å². The van der Waals surface area contributed by atoms with Crippen LogP contribution in [0.5, 0.6) is 0 Å². The van der Waals surface area contributed by atoms with Crippen molar-refractivity contribution in [2.24, 2.45) is 0 Å². The number of nitrogens with zero attached hydrogens (tertiary/aromatic N) is 2. The van der Waals surface area contributed by atoms with Gasteiger partial charge in [-0.25, -0.2) is 4.98 Å². The minimum absolute atomic E-state index is 0.0306. The molecule has 1 heterocycles. The zero-order valence-corrected chi connectivity index (χ0v) is 19.4. The maximum absolute atomic E-state index is 6.32. The van der Waals surface area contributed by atoms with E-state index in [2.05, 4.69) is 40.2 Å². The number of halogens is 4. The van der Waals surface area contributed by atoms with Crippen LogP contribution in [0.1, 0.15) is 31.4 Å². The topological polar surface area (TPSA) is 27.1 Å². The molecule has 0 aliphatic rings. The summed E-state index contributed by atoms with van der Waals surface area (Å²) in [6.07, 6.45) is 5.32. The van der Waals surface area contributed by atoms with Gasteiger partial charge >= 0.3 is 39.5 Å². The quantitative estimate of drug-likeness (QED) is 0.386. The average Bonchev–Trinajstić information content (AvgIpc) is 3.02. The first-order chi connectivity index (χ1) is 11.5. The fourth-order valence-corrected chi connectivity index (χ4v) is 3.31.